The van der Waals surface area contributed by atoms with E-state index in [-0.39, 0.29) is 17.6 Å². The summed E-state index contributed by atoms with van der Waals surface area (Å²) >= 11 is 0. The summed E-state index contributed by atoms with van der Waals surface area (Å²) in [4.78, 5) is 12.3. The molecule has 0 aromatic rings. The molecule has 2 unspecified atom stereocenters. The maximum atomic E-state index is 12.3. The second kappa shape index (κ2) is 7.40. The summed E-state index contributed by atoms with van der Waals surface area (Å²) in [6, 6.07) is 0. The van der Waals surface area contributed by atoms with Gasteiger partial charge < -0.3 is 5.32 Å². The highest BCUT2D eigenvalue weighted by Crippen LogP contribution is 2.21. The molecule has 0 radical (unpaired) electrons. The van der Waals surface area contributed by atoms with Gasteiger partial charge in [0.1, 0.15) is 0 Å². The van der Waals surface area contributed by atoms with Crippen LogP contribution in [0.2, 0.25) is 0 Å². The summed E-state index contributed by atoms with van der Waals surface area (Å²) < 4.78 is 25.3. The van der Waals surface area contributed by atoms with Gasteiger partial charge in [0.25, 0.3) is 0 Å². The van der Waals surface area contributed by atoms with E-state index >= 15 is 0 Å². The lowest BCUT2D eigenvalue weighted by molar-refractivity contribution is -0.126. The summed E-state index contributed by atoms with van der Waals surface area (Å²) in [6.45, 7) is 3.25. The number of carbonyl (C=O) groups is 1. The molecule has 1 aliphatic carbocycles. The smallest absolute Gasteiger partial charge is 0.224 e. The molecule has 1 aliphatic heterocycles. The Kier molecular flexibility index (Phi) is 5.81. The number of nitrogens with zero attached hydrogens (tertiary/aromatic N) is 1. The minimum Gasteiger partial charge on any atom is -0.356 e. The van der Waals surface area contributed by atoms with Crippen LogP contribution in [0.3, 0.4) is 0 Å². The summed E-state index contributed by atoms with van der Waals surface area (Å²) in [7, 11) is -3.18. The van der Waals surface area contributed by atoms with Gasteiger partial charge in [-0.05, 0) is 44.9 Å². The standard InChI is InChI=1S/C15H26N2O3S/c1-2-21(19,20)17-10-6-9-14(12-17)15(18)16-11-13-7-4-3-5-8-13/h3-4,13-14H,2,5-12H2,1H3,(H,16,18). The largest absolute Gasteiger partial charge is 0.356 e. The Labute approximate surface area is 127 Å². The fourth-order valence-corrected chi connectivity index (χ4v) is 4.20. The van der Waals surface area contributed by atoms with Crippen LogP contribution in [0.15, 0.2) is 12.2 Å². The monoisotopic (exact) mass is 314 g/mol. The zero-order chi connectivity index (χ0) is 15.3. The number of sulfonamides is 1. The Hall–Kier alpha value is -0.880. The number of hydrogen-bond acceptors (Lipinski definition) is 3. The lowest BCUT2D eigenvalue weighted by Crippen LogP contribution is -2.46. The third-order valence-electron chi connectivity index (χ3n) is 4.46. The minimum atomic E-state index is -3.18. The lowest BCUT2D eigenvalue weighted by atomic mass is 9.93. The normalized spacial score (nSPS) is 27.5. The number of piperidine rings is 1. The number of amides is 1. The topological polar surface area (TPSA) is 66.5 Å². The molecule has 0 aromatic carbocycles. The van der Waals surface area contributed by atoms with Crippen LogP contribution in [0.4, 0.5) is 0 Å². The predicted octanol–water partition coefficient (Wildman–Crippen LogP) is 1.52. The predicted molar refractivity (Wildman–Crippen MR) is 83.2 cm³/mol. The fraction of sp³-hybridized carbons (Fsp3) is 0.800. The number of carbonyl (C=O) groups excluding carboxylic acids is 1. The van der Waals surface area contributed by atoms with Crippen molar-refractivity contribution in [2.24, 2.45) is 11.8 Å². The third kappa shape index (κ3) is 4.54. The van der Waals surface area contributed by atoms with Crippen molar-refractivity contribution in [2.45, 2.75) is 39.0 Å². The second-order valence-corrected chi connectivity index (χ2v) is 8.25. The summed E-state index contributed by atoms with van der Waals surface area (Å²) in [5.41, 5.74) is 0. The van der Waals surface area contributed by atoms with Gasteiger partial charge in [0.2, 0.25) is 15.9 Å². The SMILES string of the molecule is CCS(=O)(=O)N1CCCC(C(=O)NCC2CC=CCC2)C1. The number of nitrogens with one attached hydrogen (secondary N) is 1. The molecule has 1 N–H and O–H groups in total. The van der Waals surface area contributed by atoms with Crippen LogP contribution in [0.1, 0.15) is 39.0 Å². The maximum Gasteiger partial charge on any atom is 0.224 e. The first-order chi connectivity index (χ1) is 10.0. The molecule has 0 spiro atoms. The molecule has 2 atom stereocenters. The van der Waals surface area contributed by atoms with Gasteiger partial charge in [-0.25, -0.2) is 12.7 Å². The second-order valence-electron chi connectivity index (χ2n) is 5.99. The first-order valence-electron chi connectivity index (χ1n) is 7.93. The van der Waals surface area contributed by atoms with Gasteiger partial charge in [0.05, 0.1) is 11.7 Å². The molecule has 0 aromatic heterocycles. The van der Waals surface area contributed by atoms with Crippen LogP contribution >= 0.6 is 0 Å². The molecule has 2 rings (SSSR count). The summed E-state index contributed by atoms with van der Waals surface area (Å²) in [5.74, 6) is 0.452. The fourth-order valence-electron chi connectivity index (χ4n) is 3.02. The molecule has 2 aliphatic rings. The Morgan fingerprint density at radius 2 is 2.14 bits per heavy atom. The Morgan fingerprint density at radius 1 is 1.33 bits per heavy atom. The van der Waals surface area contributed by atoms with Crippen LogP contribution in [-0.4, -0.2) is 44.0 Å². The Morgan fingerprint density at radius 3 is 2.81 bits per heavy atom. The summed E-state index contributed by atoms with van der Waals surface area (Å²) in [6.07, 6.45) is 9.16. The molecular weight excluding hydrogens is 288 g/mol. The van der Waals surface area contributed by atoms with Gasteiger partial charge in [-0.3, -0.25) is 4.79 Å². The average molecular weight is 314 g/mol. The highest BCUT2D eigenvalue weighted by molar-refractivity contribution is 7.89. The van der Waals surface area contributed by atoms with Crippen molar-refractivity contribution >= 4 is 15.9 Å². The van der Waals surface area contributed by atoms with Crippen LogP contribution in [-0.2, 0) is 14.8 Å². The van der Waals surface area contributed by atoms with Crippen molar-refractivity contribution in [3.8, 4) is 0 Å². The van der Waals surface area contributed by atoms with Crippen molar-refractivity contribution in [1.29, 1.82) is 0 Å². The van der Waals surface area contributed by atoms with Crippen molar-refractivity contribution in [1.82, 2.24) is 9.62 Å². The van der Waals surface area contributed by atoms with Crippen molar-refractivity contribution in [3.63, 3.8) is 0 Å². The van der Waals surface area contributed by atoms with Gasteiger partial charge in [-0.2, -0.15) is 0 Å². The number of rotatable bonds is 5. The Balaban J connectivity index is 1.83. The van der Waals surface area contributed by atoms with E-state index in [1.165, 1.54) is 4.31 Å². The summed E-state index contributed by atoms with van der Waals surface area (Å²) in [5, 5.41) is 3.02. The highest BCUT2D eigenvalue weighted by atomic mass is 32.2. The van der Waals surface area contributed by atoms with Gasteiger partial charge in [0.15, 0.2) is 0 Å². The van der Waals surface area contributed by atoms with Gasteiger partial charge in [-0.1, -0.05) is 12.2 Å². The van der Waals surface area contributed by atoms with Gasteiger partial charge in [-0.15, -0.1) is 0 Å². The van der Waals surface area contributed by atoms with E-state index in [1.807, 2.05) is 0 Å². The first-order valence-corrected chi connectivity index (χ1v) is 9.54. The van der Waals surface area contributed by atoms with E-state index in [4.69, 9.17) is 0 Å². The molecule has 1 amide bonds. The van der Waals surface area contributed by atoms with Crippen LogP contribution in [0, 0.1) is 11.8 Å². The minimum absolute atomic E-state index is 0.0144. The van der Waals surface area contributed by atoms with E-state index in [0.29, 0.717) is 25.6 Å². The van der Waals surface area contributed by atoms with Crippen molar-refractivity contribution in [2.75, 3.05) is 25.4 Å². The zero-order valence-electron chi connectivity index (χ0n) is 12.8. The molecule has 0 bridgehead atoms. The molecule has 5 nitrogen and oxygen atoms in total. The Bertz CT molecular complexity index is 487. The molecule has 1 heterocycles. The van der Waals surface area contributed by atoms with Crippen LogP contribution < -0.4 is 5.32 Å². The first kappa shape index (κ1) is 16.5. The van der Waals surface area contributed by atoms with Crippen LogP contribution in [0.25, 0.3) is 0 Å². The van der Waals surface area contributed by atoms with E-state index in [0.717, 1.165) is 32.1 Å². The zero-order valence-corrected chi connectivity index (χ0v) is 13.6. The number of allylic oxidation sites excluding steroid dienone is 2. The quantitative estimate of drug-likeness (QED) is 0.782. The van der Waals surface area contributed by atoms with E-state index in [9.17, 15) is 13.2 Å². The molecule has 1 saturated heterocycles. The molecule has 120 valence electrons. The average Bonchev–Trinajstić information content (AvgIpc) is 2.53. The molecular formula is C15H26N2O3S. The molecule has 1 fully saturated rings. The van der Waals surface area contributed by atoms with Crippen molar-refractivity contribution < 1.29 is 13.2 Å². The molecule has 0 saturated carbocycles. The van der Waals surface area contributed by atoms with Crippen LogP contribution in [0.5, 0.6) is 0 Å². The van der Waals surface area contributed by atoms with Gasteiger partial charge in [0, 0.05) is 19.6 Å². The van der Waals surface area contributed by atoms with Gasteiger partial charge >= 0.3 is 0 Å². The van der Waals surface area contributed by atoms with E-state index in [2.05, 4.69) is 17.5 Å². The number of hydrogen-bond donors (Lipinski definition) is 1. The molecule has 21 heavy (non-hydrogen) atoms. The maximum absolute atomic E-state index is 12.3. The lowest BCUT2D eigenvalue weighted by Gasteiger charge is -2.31. The molecule has 6 heteroatoms. The van der Waals surface area contributed by atoms with E-state index < -0.39 is 10.0 Å². The highest BCUT2D eigenvalue weighted by Gasteiger charge is 2.31. The van der Waals surface area contributed by atoms with Crippen molar-refractivity contribution in [3.05, 3.63) is 12.2 Å². The third-order valence-corrected chi connectivity index (χ3v) is 6.30. The van der Waals surface area contributed by atoms with E-state index in [1.54, 1.807) is 6.92 Å².